The van der Waals surface area contributed by atoms with E-state index in [0.29, 0.717) is 16.8 Å². The fourth-order valence-corrected chi connectivity index (χ4v) is 3.91. The molecule has 0 aliphatic carbocycles. The first-order valence-corrected chi connectivity index (χ1v) is 10.9. The third-order valence-corrected chi connectivity index (χ3v) is 5.77. The molecule has 0 fully saturated rings. The van der Waals surface area contributed by atoms with E-state index in [1.807, 2.05) is 36.4 Å². The van der Waals surface area contributed by atoms with Gasteiger partial charge in [-0.2, -0.15) is 0 Å². The Hall–Kier alpha value is -4.27. The average molecular weight is 479 g/mol. The molecule has 1 aliphatic rings. The number of benzene rings is 3. The molecular formula is C26H23F2N3O4. The number of anilines is 1. The van der Waals surface area contributed by atoms with Gasteiger partial charge in [-0.15, -0.1) is 0 Å². The van der Waals surface area contributed by atoms with Crippen molar-refractivity contribution in [3.05, 3.63) is 89.5 Å². The lowest BCUT2D eigenvalue weighted by Crippen LogP contribution is -2.45. The molecule has 3 amide bonds. The SMILES string of the molecule is CC(OC(=O)NCc1ccc(F)c(F)c1)C(=O)N[C@@H]1C(=O)N(C)c2ccccc2-c2ccccc21. The van der Waals surface area contributed by atoms with E-state index in [1.165, 1.54) is 17.9 Å². The predicted molar refractivity (Wildman–Crippen MR) is 125 cm³/mol. The number of carbonyl (C=O) groups is 3. The van der Waals surface area contributed by atoms with E-state index in [4.69, 9.17) is 4.74 Å². The molecule has 3 aromatic carbocycles. The summed E-state index contributed by atoms with van der Waals surface area (Å²) in [4.78, 5) is 39.8. The van der Waals surface area contributed by atoms with Gasteiger partial charge in [0.2, 0.25) is 0 Å². The Labute approximate surface area is 200 Å². The van der Waals surface area contributed by atoms with Gasteiger partial charge in [0.25, 0.3) is 11.8 Å². The molecule has 0 saturated carbocycles. The van der Waals surface area contributed by atoms with Crippen LogP contribution in [0, 0.1) is 11.6 Å². The van der Waals surface area contributed by atoms with Gasteiger partial charge in [-0.25, -0.2) is 13.6 Å². The Morgan fingerprint density at radius 3 is 2.43 bits per heavy atom. The molecule has 0 spiro atoms. The summed E-state index contributed by atoms with van der Waals surface area (Å²) < 4.78 is 31.5. The number of halogens is 2. The number of ether oxygens (including phenoxy) is 1. The van der Waals surface area contributed by atoms with Crippen molar-refractivity contribution in [2.24, 2.45) is 0 Å². The number of nitrogens with zero attached hydrogens (tertiary/aromatic N) is 1. The Morgan fingerprint density at radius 2 is 1.69 bits per heavy atom. The minimum Gasteiger partial charge on any atom is -0.436 e. The first-order valence-electron chi connectivity index (χ1n) is 10.9. The van der Waals surface area contributed by atoms with Crippen molar-refractivity contribution in [1.82, 2.24) is 10.6 Å². The van der Waals surface area contributed by atoms with Gasteiger partial charge >= 0.3 is 6.09 Å². The van der Waals surface area contributed by atoms with Gasteiger partial charge in [-0.05, 0) is 41.8 Å². The fourth-order valence-electron chi connectivity index (χ4n) is 3.91. The zero-order valence-corrected chi connectivity index (χ0v) is 19.0. The number of para-hydroxylation sites is 1. The summed E-state index contributed by atoms with van der Waals surface area (Å²) in [6.07, 6.45) is -2.15. The van der Waals surface area contributed by atoms with Crippen LogP contribution in [0.2, 0.25) is 0 Å². The third kappa shape index (κ3) is 4.98. The van der Waals surface area contributed by atoms with Crippen LogP contribution in [0.1, 0.15) is 24.1 Å². The molecule has 180 valence electrons. The summed E-state index contributed by atoms with van der Waals surface area (Å²) in [7, 11) is 1.64. The normalized spacial score (nSPS) is 15.4. The smallest absolute Gasteiger partial charge is 0.408 e. The molecule has 3 aromatic rings. The van der Waals surface area contributed by atoms with Crippen LogP contribution < -0.4 is 15.5 Å². The Morgan fingerprint density at radius 1 is 1.00 bits per heavy atom. The highest BCUT2D eigenvalue weighted by Crippen LogP contribution is 2.39. The van der Waals surface area contributed by atoms with Crippen LogP contribution in [0.4, 0.5) is 19.3 Å². The van der Waals surface area contributed by atoms with E-state index in [0.717, 1.165) is 23.3 Å². The topological polar surface area (TPSA) is 87.7 Å². The van der Waals surface area contributed by atoms with Crippen molar-refractivity contribution in [3.63, 3.8) is 0 Å². The number of nitrogens with one attached hydrogen (secondary N) is 2. The highest BCUT2D eigenvalue weighted by Gasteiger charge is 2.34. The summed E-state index contributed by atoms with van der Waals surface area (Å²) in [5.74, 6) is -3.04. The molecule has 35 heavy (non-hydrogen) atoms. The summed E-state index contributed by atoms with van der Waals surface area (Å²) >= 11 is 0. The average Bonchev–Trinajstić information content (AvgIpc) is 2.94. The van der Waals surface area contributed by atoms with Crippen LogP contribution >= 0.6 is 0 Å². The van der Waals surface area contributed by atoms with Crippen molar-refractivity contribution in [1.29, 1.82) is 0 Å². The summed E-state index contributed by atoms with van der Waals surface area (Å²) in [6, 6.07) is 17.0. The number of carbonyl (C=O) groups excluding carboxylic acids is 3. The molecule has 1 unspecified atom stereocenters. The van der Waals surface area contributed by atoms with Gasteiger partial charge in [0.05, 0.1) is 5.69 Å². The number of likely N-dealkylation sites (N-methyl/N-ethyl adjacent to an activating group) is 1. The lowest BCUT2D eigenvalue weighted by molar-refractivity contribution is -0.132. The van der Waals surface area contributed by atoms with Gasteiger partial charge < -0.3 is 20.3 Å². The number of alkyl carbamates (subject to hydrolysis) is 1. The van der Waals surface area contributed by atoms with Crippen LogP contribution in [0.25, 0.3) is 11.1 Å². The lowest BCUT2D eigenvalue weighted by Gasteiger charge is -2.24. The van der Waals surface area contributed by atoms with Crippen molar-refractivity contribution in [3.8, 4) is 11.1 Å². The summed E-state index contributed by atoms with van der Waals surface area (Å²) in [6.45, 7) is 1.25. The highest BCUT2D eigenvalue weighted by molar-refractivity contribution is 6.06. The highest BCUT2D eigenvalue weighted by atomic mass is 19.2. The van der Waals surface area contributed by atoms with E-state index in [1.54, 1.807) is 19.2 Å². The quantitative estimate of drug-likeness (QED) is 0.577. The second kappa shape index (κ2) is 9.92. The minimum atomic E-state index is -1.23. The Bertz CT molecular complexity index is 1300. The number of rotatable bonds is 5. The molecule has 0 saturated heterocycles. The van der Waals surface area contributed by atoms with Crippen molar-refractivity contribution >= 4 is 23.6 Å². The molecule has 2 atom stereocenters. The maximum atomic E-state index is 13.3. The Balaban J connectivity index is 1.45. The summed E-state index contributed by atoms with van der Waals surface area (Å²) in [5.41, 5.74) is 3.32. The molecule has 1 heterocycles. The van der Waals surface area contributed by atoms with Gasteiger partial charge in [0, 0.05) is 19.2 Å². The molecular weight excluding hydrogens is 456 g/mol. The van der Waals surface area contributed by atoms with Crippen LogP contribution in [-0.2, 0) is 20.9 Å². The number of hydrogen-bond acceptors (Lipinski definition) is 4. The largest absolute Gasteiger partial charge is 0.436 e. The maximum absolute atomic E-state index is 13.3. The van der Waals surface area contributed by atoms with Crippen LogP contribution in [0.15, 0.2) is 66.7 Å². The molecule has 7 nitrogen and oxygen atoms in total. The minimum absolute atomic E-state index is 0.123. The lowest BCUT2D eigenvalue weighted by atomic mass is 9.95. The molecule has 9 heteroatoms. The van der Waals surface area contributed by atoms with Crippen molar-refractivity contribution in [2.75, 3.05) is 11.9 Å². The van der Waals surface area contributed by atoms with E-state index in [-0.39, 0.29) is 12.5 Å². The zero-order chi connectivity index (χ0) is 25.1. The van der Waals surface area contributed by atoms with Gasteiger partial charge in [-0.3, -0.25) is 9.59 Å². The van der Waals surface area contributed by atoms with Crippen molar-refractivity contribution in [2.45, 2.75) is 25.6 Å². The number of fused-ring (bicyclic) bond motifs is 3. The van der Waals surface area contributed by atoms with E-state index >= 15 is 0 Å². The molecule has 0 bridgehead atoms. The maximum Gasteiger partial charge on any atom is 0.408 e. The van der Waals surface area contributed by atoms with Crippen LogP contribution in [0.5, 0.6) is 0 Å². The van der Waals surface area contributed by atoms with E-state index in [2.05, 4.69) is 10.6 Å². The van der Waals surface area contributed by atoms with Gasteiger partial charge in [0.1, 0.15) is 6.04 Å². The van der Waals surface area contributed by atoms with Crippen LogP contribution in [-0.4, -0.2) is 31.1 Å². The number of hydrogen-bond donors (Lipinski definition) is 2. The summed E-state index contributed by atoms with van der Waals surface area (Å²) in [5, 5.41) is 5.08. The molecule has 4 rings (SSSR count). The monoisotopic (exact) mass is 479 g/mol. The zero-order valence-electron chi connectivity index (χ0n) is 19.0. The molecule has 0 aromatic heterocycles. The molecule has 0 radical (unpaired) electrons. The van der Waals surface area contributed by atoms with Gasteiger partial charge in [0.15, 0.2) is 17.7 Å². The predicted octanol–water partition coefficient (Wildman–Crippen LogP) is 4.08. The first kappa shape index (κ1) is 23.9. The van der Waals surface area contributed by atoms with E-state index < -0.39 is 35.8 Å². The standard InChI is InChI=1S/C26H23F2N3O4/c1-15(35-26(34)29-14-16-11-12-20(27)21(28)13-16)24(32)30-23-19-9-4-3-7-17(19)18-8-5-6-10-22(18)31(2)25(23)33/h3-13,15,23H,14H2,1-2H3,(H,29,34)(H,30,32)/t15?,23-/m0/s1. The second-order valence-corrected chi connectivity index (χ2v) is 8.09. The Kier molecular flexibility index (Phi) is 6.77. The van der Waals surface area contributed by atoms with Crippen LogP contribution in [0.3, 0.4) is 0 Å². The fraction of sp³-hybridized carbons (Fsp3) is 0.192. The number of amides is 3. The second-order valence-electron chi connectivity index (χ2n) is 8.09. The van der Waals surface area contributed by atoms with Gasteiger partial charge in [-0.1, -0.05) is 48.5 Å². The third-order valence-electron chi connectivity index (χ3n) is 5.77. The molecule has 1 aliphatic heterocycles. The first-order chi connectivity index (χ1) is 16.8. The molecule has 2 N–H and O–H groups in total. The van der Waals surface area contributed by atoms with Crippen molar-refractivity contribution < 1.29 is 27.9 Å². The van der Waals surface area contributed by atoms with E-state index in [9.17, 15) is 23.2 Å².